The summed E-state index contributed by atoms with van der Waals surface area (Å²) in [6.07, 6.45) is -0.304. The molecule has 6 heteroatoms. The molecule has 0 saturated heterocycles. The van der Waals surface area contributed by atoms with Gasteiger partial charge in [-0.25, -0.2) is 4.79 Å². The Labute approximate surface area is 98.3 Å². The molecular weight excluding hydrogens is 226 g/mol. The molecule has 6 nitrogen and oxygen atoms in total. The van der Waals surface area contributed by atoms with E-state index in [9.17, 15) is 14.9 Å². The van der Waals surface area contributed by atoms with Crippen LogP contribution in [0.2, 0.25) is 0 Å². The predicted molar refractivity (Wildman–Crippen MR) is 59.0 cm³/mol. The summed E-state index contributed by atoms with van der Waals surface area (Å²) in [6, 6.07) is 5.74. The molecule has 0 unspecified atom stereocenters. The third-order valence-electron chi connectivity index (χ3n) is 1.79. The highest BCUT2D eigenvalue weighted by molar-refractivity contribution is 5.60. The number of non-ortho nitro benzene ring substituents is 1. The van der Waals surface area contributed by atoms with E-state index in [2.05, 4.69) is 4.74 Å². The molecule has 1 radical (unpaired) electrons. The molecule has 91 valence electrons. The first-order valence-corrected chi connectivity index (χ1v) is 4.87. The minimum atomic E-state index is -0.789. The number of rotatable bonds is 4. The summed E-state index contributed by atoms with van der Waals surface area (Å²) in [7, 11) is 0. The standard InChI is InChI=1S/C11H12NO5/c1-8(2)17-11(13)16-7-9-3-5-10(6-4-9)12(14)15/h3-6H,7H2,1-2H3. The number of hydrogen-bond acceptors (Lipinski definition) is 5. The lowest BCUT2D eigenvalue weighted by molar-refractivity contribution is -0.384. The topological polar surface area (TPSA) is 78.7 Å². The summed E-state index contributed by atoms with van der Waals surface area (Å²) in [6.45, 7) is 3.28. The number of carbonyl (C=O) groups is 1. The van der Waals surface area contributed by atoms with Crippen LogP contribution in [0.5, 0.6) is 0 Å². The van der Waals surface area contributed by atoms with Crippen molar-refractivity contribution in [3.05, 3.63) is 46.0 Å². The smallest absolute Gasteiger partial charge is 0.429 e. The van der Waals surface area contributed by atoms with Gasteiger partial charge in [0.05, 0.1) is 4.92 Å². The number of ether oxygens (including phenoxy) is 2. The average molecular weight is 238 g/mol. The van der Waals surface area contributed by atoms with Crippen molar-refractivity contribution in [3.8, 4) is 0 Å². The average Bonchev–Trinajstić information content (AvgIpc) is 2.26. The third kappa shape index (κ3) is 4.50. The Morgan fingerprint density at radius 2 is 1.88 bits per heavy atom. The van der Waals surface area contributed by atoms with Crippen LogP contribution in [0, 0.1) is 16.2 Å². The van der Waals surface area contributed by atoms with Crippen LogP contribution in [0.3, 0.4) is 0 Å². The molecule has 0 fully saturated rings. The Kier molecular flexibility index (Phi) is 4.45. The summed E-state index contributed by atoms with van der Waals surface area (Å²) in [5, 5.41) is 10.4. The van der Waals surface area contributed by atoms with E-state index >= 15 is 0 Å². The Morgan fingerprint density at radius 3 is 2.35 bits per heavy atom. The largest absolute Gasteiger partial charge is 0.509 e. The number of nitro benzene ring substituents is 1. The van der Waals surface area contributed by atoms with E-state index in [0.717, 1.165) is 0 Å². The van der Waals surface area contributed by atoms with Crippen molar-refractivity contribution >= 4 is 11.8 Å². The van der Waals surface area contributed by atoms with E-state index in [1.807, 2.05) is 0 Å². The molecule has 0 saturated carbocycles. The maximum atomic E-state index is 11.0. The first-order chi connectivity index (χ1) is 7.99. The third-order valence-corrected chi connectivity index (χ3v) is 1.79. The SMILES string of the molecule is C[C](C)OC(=O)OCc1ccc([N+](=O)[O-])cc1. The first-order valence-electron chi connectivity index (χ1n) is 4.87. The van der Waals surface area contributed by atoms with Crippen LogP contribution < -0.4 is 0 Å². The Morgan fingerprint density at radius 1 is 1.29 bits per heavy atom. The zero-order chi connectivity index (χ0) is 12.8. The summed E-state index contributed by atoms with van der Waals surface area (Å²) in [5.41, 5.74) is 0.648. The van der Waals surface area contributed by atoms with Gasteiger partial charge in [-0.2, -0.15) is 0 Å². The maximum Gasteiger partial charge on any atom is 0.509 e. The van der Waals surface area contributed by atoms with Crippen LogP contribution in [-0.4, -0.2) is 11.1 Å². The van der Waals surface area contributed by atoms with Crippen LogP contribution in [0.15, 0.2) is 24.3 Å². The monoisotopic (exact) mass is 238 g/mol. The summed E-state index contributed by atoms with van der Waals surface area (Å²) in [5.74, 6) is 0. The number of hydrogen-bond donors (Lipinski definition) is 0. The van der Waals surface area contributed by atoms with Crippen molar-refractivity contribution < 1.29 is 19.2 Å². The predicted octanol–water partition coefficient (Wildman–Crippen LogP) is 2.82. The second kappa shape index (κ2) is 5.83. The van der Waals surface area contributed by atoms with Crippen LogP contribution in [0.1, 0.15) is 19.4 Å². The molecule has 1 aromatic rings. The van der Waals surface area contributed by atoms with Crippen LogP contribution in [0.4, 0.5) is 10.5 Å². The van der Waals surface area contributed by atoms with Crippen molar-refractivity contribution in [2.24, 2.45) is 0 Å². The van der Waals surface area contributed by atoms with E-state index in [4.69, 9.17) is 4.74 Å². The van der Waals surface area contributed by atoms with E-state index in [1.54, 1.807) is 13.8 Å². The van der Waals surface area contributed by atoms with Crippen molar-refractivity contribution in [1.82, 2.24) is 0 Å². The second-order valence-corrected chi connectivity index (χ2v) is 3.47. The van der Waals surface area contributed by atoms with Crippen molar-refractivity contribution in [1.29, 1.82) is 0 Å². The zero-order valence-electron chi connectivity index (χ0n) is 9.50. The molecule has 0 aliphatic rings. The van der Waals surface area contributed by atoms with Gasteiger partial charge < -0.3 is 9.47 Å². The lowest BCUT2D eigenvalue weighted by Crippen LogP contribution is -2.08. The van der Waals surface area contributed by atoms with Gasteiger partial charge in [-0.3, -0.25) is 10.1 Å². The molecule has 0 N–H and O–H groups in total. The van der Waals surface area contributed by atoms with Crippen molar-refractivity contribution in [2.75, 3.05) is 0 Å². The van der Waals surface area contributed by atoms with Gasteiger partial charge in [-0.05, 0) is 31.5 Å². The number of nitro groups is 1. The number of nitrogens with zero attached hydrogens (tertiary/aromatic N) is 1. The molecule has 0 aliphatic heterocycles. The molecule has 0 atom stereocenters. The quantitative estimate of drug-likeness (QED) is 0.457. The molecule has 0 bridgehead atoms. The summed E-state index contributed by atoms with van der Waals surface area (Å²) < 4.78 is 9.47. The molecule has 17 heavy (non-hydrogen) atoms. The van der Waals surface area contributed by atoms with Crippen LogP contribution in [0.25, 0.3) is 0 Å². The highest BCUT2D eigenvalue weighted by atomic mass is 16.7. The number of carbonyl (C=O) groups excluding carboxylic acids is 1. The fraction of sp³-hybridized carbons (Fsp3) is 0.273. The minimum Gasteiger partial charge on any atom is -0.429 e. The summed E-state index contributed by atoms with van der Waals surface area (Å²) in [4.78, 5) is 20.9. The van der Waals surface area contributed by atoms with E-state index < -0.39 is 11.1 Å². The van der Waals surface area contributed by atoms with Crippen LogP contribution in [-0.2, 0) is 16.1 Å². The lowest BCUT2D eigenvalue weighted by Gasteiger charge is -2.07. The molecule has 0 heterocycles. The summed E-state index contributed by atoms with van der Waals surface area (Å²) >= 11 is 0. The molecular formula is C11H12NO5. The normalized spacial score (nSPS) is 10.1. The molecule has 1 aromatic carbocycles. The second-order valence-electron chi connectivity index (χ2n) is 3.47. The van der Waals surface area contributed by atoms with Gasteiger partial charge in [0.25, 0.3) is 5.69 Å². The zero-order valence-corrected chi connectivity index (χ0v) is 9.50. The first kappa shape index (κ1) is 13.0. The van der Waals surface area contributed by atoms with Gasteiger partial charge >= 0.3 is 6.16 Å². The fourth-order valence-corrected chi connectivity index (χ4v) is 1.05. The van der Waals surface area contributed by atoms with E-state index in [1.165, 1.54) is 24.3 Å². The van der Waals surface area contributed by atoms with Crippen molar-refractivity contribution in [2.45, 2.75) is 20.5 Å². The van der Waals surface area contributed by atoms with Gasteiger partial charge in [0.2, 0.25) is 0 Å². The maximum absolute atomic E-state index is 11.0. The van der Waals surface area contributed by atoms with Gasteiger partial charge in [-0.15, -0.1) is 0 Å². The van der Waals surface area contributed by atoms with Gasteiger partial charge in [0.15, 0.2) is 0 Å². The number of benzene rings is 1. The Bertz CT molecular complexity index is 399. The molecule has 0 aliphatic carbocycles. The van der Waals surface area contributed by atoms with E-state index in [0.29, 0.717) is 11.7 Å². The fourth-order valence-electron chi connectivity index (χ4n) is 1.05. The van der Waals surface area contributed by atoms with Crippen molar-refractivity contribution in [3.63, 3.8) is 0 Å². The minimum absolute atomic E-state index is 0.00550. The lowest BCUT2D eigenvalue weighted by atomic mass is 10.2. The molecule has 0 spiro atoms. The molecule has 0 aromatic heterocycles. The molecule has 1 rings (SSSR count). The Balaban J connectivity index is 2.47. The van der Waals surface area contributed by atoms with Gasteiger partial charge in [0, 0.05) is 12.1 Å². The van der Waals surface area contributed by atoms with Gasteiger partial charge in [0.1, 0.15) is 12.7 Å². The van der Waals surface area contributed by atoms with E-state index in [-0.39, 0.29) is 12.3 Å². The highest BCUT2D eigenvalue weighted by Gasteiger charge is 2.08. The molecule has 0 amide bonds. The van der Waals surface area contributed by atoms with Gasteiger partial charge in [-0.1, -0.05) is 0 Å². The highest BCUT2D eigenvalue weighted by Crippen LogP contribution is 2.13. The Hall–Kier alpha value is -2.11. The van der Waals surface area contributed by atoms with Crippen LogP contribution >= 0.6 is 0 Å².